The maximum Gasteiger partial charge on any atom is 0.267 e. The van der Waals surface area contributed by atoms with E-state index in [9.17, 15) is 15.0 Å². The Morgan fingerprint density at radius 1 is 1.28 bits per heavy atom. The highest BCUT2D eigenvalue weighted by Crippen LogP contribution is 2.32. The first-order chi connectivity index (χ1) is 17.4. The van der Waals surface area contributed by atoms with Gasteiger partial charge in [-0.3, -0.25) is 4.79 Å². The predicted molar refractivity (Wildman–Crippen MR) is 137 cm³/mol. The van der Waals surface area contributed by atoms with Crippen LogP contribution in [0, 0.1) is 5.92 Å². The van der Waals surface area contributed by atoms with Crippen molar-refractivity contribution in [2.45, 2.75) is 69.8 Å². The van der Waals surface area contributed by atoms with Gasteiger partial charge in [-0.25, -0.2) is 0 Å². The molecule has 2 aliphatic rings. The van der Waals surface area contributed by atoms with Gasteiger partial charge in [0.05, 0.1) is 24.2 Å². The number of nitrogens with one attached hydrogen (secondary N) is 2. The van der Waals surface area contributed by atoms with E-state index in [4.69, 9.17) is 9.15 Å². The number of H-pyrrole nitrogens is 1. The Hall–Kier alpha value is -2.81. The number of aromatic amines is 1. The summed E-state index contributed by atoms with van der Waals surface area (Å²) in [6, 6.07) is 9.48. The van der Waals surface area contributed by atoms with E-state index < -0.39 is 5.60 Å². The molecule has 0 bridgehead atoms. The Balaban J connectivity index is 1.13. The molecule has 4 N–H and O–H groups in total. The molecule has 0 radical (unpaired) electrons. The zero-order valence-electron chi connectivity index (χ0n) is 20.9. The molecular formula is C28H37N3O5. The highest BCUT2D eigenvalue weighted by atomic mass is 16.5. The van der Waals surface area contributed by atoms with E-state index in [1.165, 1.54) is 0 Å². The topological polar surface area (TPSA) is 111 Å². The van der Waals surface area contributed by atoms with Crippen LogP contribution in [0.25, 0.3) is 10.9 Å². The smallest absolute Gasteiger partial charge is 0.267 e. The molecule has 1 saturated carbocycles. The third kappa shape index (κ3) is 5.77. The van der Waals surface area contributed by atoms with Crippen molar-refractivity contribution in [2.24, 2.45) is 5.92 Å². The van der Waals surface area contributed by atoms with Gasteiger partial charge in [0.25, 0.3) is 5.91 Å². The normalized spacial score (nSPS) is 27.2. The number of furan rings is 1. The van der Waals surface area contributed by atoms with E-state index in [-0.39, 0.29) is 24.0 Å². The van der Waals surface area contributed by atoms with Gasteiger partial charge >= 0.3 is 0 Å². The van der Waals surface area contributed by atoms with Crippen molar-refractivity contribution in [3.8, 4) is 5.75 Å². The average Bonchev–Trinajstić information content (AvgIpc) is 3.55. The van der Waals surface area contributed by atoms with Crippen molar-refractivity contribution >= 4 is 16.8 Å². The predicted octanol–water partition coefficient (Wildman–Crippen LogP) is 3.84. The van der Waals surface area contributed by atoms with Crippen molar-refractivity contribution in [1.82, 2.24) is 15.2 Å². The Kier molecular flexibility index (Phi) is 7.37. The van der Waals surface area contributed by atoms with Crippen LogP contribution in [-0.2, 0) is 6.61 Å². The molecule has 3 aromatic rings. The largest absolute Gasteiger partial charge is 0.488 e. The zero-order valence-corrected chi connectivity index (χ0v) is 20.9. The lowest BCUT2D eigenvalue weighted by atomic mass is 9.80. The molecule has 0 spiro atoms. The van der Waals surface area contributed by atoms with Gasteiger partial charge < -0.3 is 34.6 Å². The molecule has 1 aliphatic heterocycles. The van der Waals surface area contributed by atoms with Gasteiger partial charge in [0.1, 0.15) is 18.1 Å². The van der Waals surface area contributed by atoms with Crippen LogP contribution in [-0.4, -0.2) is 63.4 Å². The fourth-order valence-corrected chi connectivity index (χ4v) is 5.51. The maximum atomic E-state index is 13.0. The number of ether oxygens (including phenoxy) is 1. The lowest BCUT2D eigenvalue weighted by Gasteiger charge is -2.39. The Labute approximate surface area is 211 Å². The number of carbonyl (C=O) groups excluding carboxylic acids is 1. The first-order valence-corrected chi connectivity index (χ1v) is 13.1. The van der Waals surface area contributed by atoms with Crippen LogP contribution >= 0.6 is 0 Å². The van der Waals surface area contributed by atoms with Gasteiger partial charge in [0.15, 0.2) is 0 Å². The van der Waals surface area contributed by atoms with Gasteiger partial charge in [-0.2, -0.15) is 0 Å². The summed E-state index contributed by atoms with van der Waals surface area (Å²) in [6.45, 7) is 5.11. The monoisotopic (exact) mass is 495 g/mol. The van der Waals surface area contributed by atoms with E-state index >= 15 is 0 Å². The van der Waals surface area contributed by atoms with Crippen LogP contribution in [0.2, 0.25) is 0 Å². The van der Waals surface area contributed by atoms with Crippen LogP contribution in [0.4, 0.5) is 0 Å². The number of benzene rings is 1. The summed E-state index contributed by atoms with van der Waals surface area (Å²) in [5.74, 6) is 0.857. The maximum absolute atomic E-state index is 13.0. The minimum Gasteiger partial charge on any atom is -0.488 e. The second-order valence-electron chi connectivity index (χ2n) is 10.7. The molecule has 0 unspecified atom stereocenters. The molecule has 2 fully saturated rings. The van der Waals surface area contributed by atoms with Crippen LogP contribution in [0.5, 0.6) is 5.75 Å². The highest BCUT2D eigenvalue weighted by Gasteiger charge is 2.35. The molecule has 8 heteroatoms. The first-order valence-electron chi connectivity index (χ1n) is 13.1. The van der Waals surface area contributed by atoms with Gasteiger partial charge in [-0.1, -0.05) is 13.0 Å². The SMILES string of the molecule is C[C@H]1CN(CC[C@]2(O)CC[C@@H](NC(=O)c3cc4c(OCc5ccoc5)cccc4[nH]3)CC2)CC[C@@H]1O. The number of aliphatic hydroxyl groups is 2. The van der Waals surface area contributed by atoms with Crippen LogP contribution in [0.1, 0.15) is 61.5 Å². The molecule has 3 heterocycles. The summed E-state index contributed by atoms with van der Waals surface area (Å²) in [5, 5.41) is 25.1. The van der Waals surface area contributed by atoms with E-state index in [0.717, 1.165) is 61.8 Å². The van der Waals surface area contributed by atoms with Crippen molar-refractivity contribution in [2.75, 3.05) is 19.6 Å². The van der Waals surface area contributed by atoms with Crippen molar-refractivity contribution in [3.63, 3.8) is 0 Å². The number of fused-ring (bicyclic) bond motifs is 1. The number of piperidine rings is 1. The van der Waals surface area contributed by atoms with E-state index in [1.54, 1.807) is 12.5 Å². The van der Waals surface area contributed by atoms with Gasteiger partial charge in [-0.05, 0) is 68.7 Å². The van der Waals surface area contributed by atoms with Gasteiger partial charge in [0.2, 0.25) is 0 Å². The Bertz CT molecular complexity index is 1150. The summed E-state index contributed by atoms with van der Waals surface area (Å²) < 4.78 is 11.0. The molecule has 194 valence electrons. The number of rotatable bonds is 8. The molecule has 5 rings (SSSR count). The first kappa shape index (κ1) is 24.9. The number of aromatic nitrogens is 1. The van der Waals surface area contributed by atoms with Crippen LogP contribution < -0.4 is 10.1 Å². The lowest BCUT2D eigenvalue weighted by molar-refractivity contribution is -0.0272. The highest BCUT2D eigenvalue weighted by molar-refractivity contribution is 5.99. The number of amides is 1. The molecule has 1 amide bonds. The summed E-state index contributed by atoms with van der Waals surface area (Å²) in [4.78, 5) is 18.6. The average molecular weight is 496 g/mol. The van der Waals surface area contributed by atoms with Crippen molar-refractivity contribution < 1.29 is 24.2 Å². The number of likely N-dealkylation sites (tertiary alicyclic amines) is 1. The van der Waals surface area contributed by atoms with Gasteiger partial charge in [0, 0.05) is 42.1 Å². The summed E-state index contributed by atoms with van der Waals surface area (Å²) in [6.07, 6.45) is 7.49. The summed E-state index contributed by atoms with van der Waals surface area (Å²) in [7, 11) is 0. The van der Waals surface area contributed by atoms with Crippen molar-refractivity contribution in [1.29, 1.82) is 0 Å². The number of hydrogen-bond donors (Lipinski definition) is 4. The lowest BCUT2D eigenvalue weighted by Crippen LogP contribution is -2.47. The Morgan fingerprint density at radius 3 is 2.86 bits per heavy atom. The number of carbonyl (C=O) groups is 1. The van der Waals surface area contributed by atoms with E-state index in [2.05, 4.69) is 22.1 Å². The fraction of sp³-hybridized carbons (Fsp3) is 0.536. The molecule has 8 nitrogen and oxygen atoms in total. The number of hydrogen-bond acceptors (Lipinski definition) is 6. The summed E-state index contributed by atoms with van der Waals surface area (Å²) in [5.41, 5.74) is 1.62. The van der Waals surface area contributed by atoms with Crippen LogP contribution in [0.3, 0.4) is 0 Å². The molecule has 2 atom stereocenters. The molecule has 2 aromatic heterocycles. The third-order valence-electron chi connectivity index (χ3n) is 7.93. The number of nitrogens with zero attached hydrogens (tertiary/aromatic N) is 1. The second kappa shape index (κ2) is 10.7. The number of aliphatic hydroxyl groups excluding tert-OH is 1. The van der Waals surface area contributed by atoms with E-state index in [0.29, 0.717) is 30.9 Å². The van der Waals surface area contributed by atoms with Crippen LogP contribution in [0.15, 0.2) is 47.3 Å². The summed E-state index contributed by atoms with van der Waals surface area (Å²) >= 11 is 0. The van der Waals surface area contributed by atoms with Crippen molar-refractivity contribution in [3.05, 3.63) is 54.1 Å². The molecular weight excluding hydrogens is 458 g/mol. The molecule has 1 aromatic carbocycles. The molecule has 36 heavy (non-hydrogen) atoms. The second-order valence-corrected chi connectivity index (χ2v) is 10.7. The molecule has 1 aliphatic carbocycles. The molecule has 1 saturated heterocycles. The zero-order chi connectivity index (χ0) is 25.1. The minimum atomic E-state index is -0.678. The standard InChI is InChI=1S/C28H37N3O5/c1-19-16-31(12-7-25(19)32)13-11-28(34)9-5-21(6-10-28)29-27(33)24-15-22-23(30-24)3-2-4-26(22)36-18-20-8-14-35-17-20/h2-4,8,14-15,17,19,21,25,30,32,34H,5-7,9-13,16,18H2,1H3,(H,29,33)/t19-,21-,25-,28+/m0/s1. The van der Waals surface area contributed by atoms with Gasteiger partial charge in [-0.15, -0.1) is 0 Å². The minimum absolute atomic E-state index is 0.0474. The quantitative estimate of drug-likeness (QED) is 0.378. The third-order valence-corrected chi connectivity index (χ3v) is 7.93. The fourth-order valence-electron chi connectivity index (χ4n) is 5.51. The van der Waals surface area contributed by atoms with E-state index in [1.807, 2.05) is 30.3 Å². The Morgan fingerprint density at radius 2 is 2.11 bits per heavy atom.